The summed E-state index contributed by atoms with van der Waals surface area (Å²) < 4.78 is 6.35. The van der Waals surface area contributed by atoms with Gasteiger partial charge in [0.2, 0.25) is 17.6 Å². The molecule has 43 heavy (non-hydrogen) atoms. The van der Waals surface area contributed by atoms with Crippen molar-refractivity contribution < 1.29 is 29.0 Å². The van der Waals surface area contributed by atoms with E-state index in [1.165, 1.54) is 21.0 Å². The summed E-state index contributed by atoms with van der Waals surface area (Å²) in [7, 11) is 0. The number of rotatable bonds is 4. The third-order valence-corrected chi connectivity index (χ3v) is 9.50. The number of ether oxygens (including phenoxy) is 1. The lowest BCUT2D eigenvalue weighted by Gasteiger charge is -2.30. The summed E-state index contributed by atoms with van der Waals surface area (Å²) in [5, 5.41) is 28.4. The molecule has 5 rings (SSSR count). The predicted octanol–water partition coefficient (Wildman–Crippen LogP) is 3.68. The topological polar surface area (TPSA) is 169 Å². The minimum absolute atomic E-state index is 0.0801. The highest BCUT2D eigenvalue weighted by Gasteiger charge is 2.61. The number of carboxylic acid groups (broad SMARTS) is 1. The number of fused-ring (bicyclic) bond motifs is 2. The van der Waals surface area contributed by atoms with E-state index in [2.05, 4.69) is 42.0 Å². The van der Waals surface area contributed by atoms with E-state index in [0.717, 1.165) is 27.9 Å². The van der Waals surface area contributed by atoms with Gasteiger partial charge in [0.1, 0.15) is 23.2 Å². The smallest absolute Gasteiger partial charge is 0.408 e. The van der Waals surface area contributed by atoms with Gasteiger partial charge in [-0.1, -0.05) is 25.0 Å². The Kier molecular flexibility index (Phi) is 8.93. The van der Waals surface area contributed by atoms with E-state index in [9.17, 15) is 24.3 Å². The van der Waals surface area contributed by atoms with Crippen LogP contribution >= 0.6 is 27.3 Å². The van der Waals surface area contributed by atoms with Gasteiger partial charge in [-0.3, -0.25) is 9.59 Å². The fourth-order valence-electron chi connectivity index (χ4n) is 5.61. The van der Waals surface area contributed by atoms with Gasteiger partial charge >= 0.3 is 12.1 Å². The van der Waals surface area contributed by atoms with Gasteiger partial charge in [-0.05, 0) is 79.7 Å². The van der Waals surface area contributed by atoms with Crippen LogP contribution in [0.2, 0.25) is 0 Å². The SMILES string of the molecule is CC(C)(C)OC(=O)N[C@H]1CCCCC/C=C\[C@H]2C[C@@]2(C(=O)O)NC(=O)[C@@H]2C[C@@H](n3nnc(-c4ccc(Br)s4)n3)CN2C1=O. The summed E-state index contributed by atoms with van der Waals surface area (Å²) in [4.78, 5) is 56.5. The molecule has 2 aliphatic heterocycles. The molecule has 15 heteroatoms. The summed E-state index contributed by atoms with van der Waals surface area (Å²) in [6.07, 6.45) is 6.97. The Morgan fingerprint density at radius 3 is 2.72 bits per heavy atom. The van der Waals surface area contributed by atoms with Crippen LogP contribution in [0.25, 0.3) is 10.7 Å². The molecule has 13 nitrogen and oxygen atoms in total. The van der Waals surface area contributed by atoms with Crippen molar-refractivity contribution in [3.05, 3.63) is 28.1 Å². The standard InChI is InChI=1S/C28H36BrN7O6S/c1-27(2,3)42-26(41)30-18-10-8-6-4-5-7-9-16-14-28(16,25(39)40)31-23(37)19-13-17(15-35(19)24(18)38)36-33-22(32-34-36)20-11-12-21(29)43-20/h7,9,11-12,16-19H,4-6,8,10,13-15H2,1-3H3,(H,30,41)(H,31,37)(H,39,40)/b9-7-/t16-,17+,18-,19-,28+/m0/s1. The van der Waals surface area contributed by atoms with Crippen molar-refractivity contribution in [2.45, 2.75) is 95.0 Å². The van der Waals surface area contributed by atoms with Crippen LogP contribution in [0, 0.1) is 5.92 Å². The Bertz CT molecular complexity index is 1420. The quantitative estimate of drug-likeness (QED) is 0.409. The Morgan fingerprint density at radius 1 is 1.23 bits per heavy atom. The molecule has 2 fully saturated rings. The molecule has 2 aromatic heterocycles. The van der Waals surface area contributed by atoms with Crippen LogP contribution < -0.4 is 10.6 Å². The van der Waals surface area contributed by atoms with Crippen molar-refractivity contribution in [2.75, 3.05) is 6.54 Å². The Morgan fingerprint density at radius 2 is 2.02 bits per heavy atom. The second-order valence-corrected chi connectivity index (χ2v) is 14.7. The Labute approximate surface area is 261 Å². The number of hydrogen-bond acceptors (Lipinski definition) is 9. The maximum atomic E-state index is 14.1. The van der Waals surface area contributed by atoms with Crippen LogP contribution in [-0.2, 0) is 19.1 Å². The molecule has 1 aliphatic carbocycles. The molecule has 1 saturated heterocycles. The van der Waals surface area contributed by atoms with Gasteiger partial charge in [-0.25, -0.2) is 9.59 Å². The molecule has 1 saturated carbocycles. The Balaban J connectivity index is 1.44. The van der Waals surface area contributed by atoms with E-state index in [0.29, 0.717) is 18.7 Å². The van der Waals surface area contributed by atoms with Crippen molar-refractivity contribution in [1.29, 1.82) is 0 Å². The highest BCUT2D eigenvalue weighted by molar-refractivity contribution is 9.11. The van der Waals surface area contributed by atoms with Gasteiger partial charge < -0.3 is 25.4 Å². The number of nitrogens with one attached hydrogen (secondary N) is 2. The lowest BCUT2D eigenvalue weighted by atomic mass is 10.0. The van der Waals surface area contributed by atoms with E-state index in [1.807, 2.05) is 24.3 Å². The van der Waals surface area contributed by atoms with Crippen LogP contribution in [0.15, 0.2) is 28.1 Å². The molecule has 0 radical (unpaired) electrons. The molecular formula is C28H36BrN7O6S. The summed E-state index contributed by atoms with van der Waals surface area (Å²) in [5.41, 5.74) is -2.18. The molecule has 3 aliphatic rings. The first-order chi connectivity index (χ1) is 20.4. The normalized spacial score (nSPS) is 29.0. The largest absolute Gasteiger partial charge is 0.479 e. The molecule has 2 aromatic rings. The van der Waals surface area contributed by atoms with E-state index >= 15 is 0 Å². The van der Waals surface area contributed by atoms with Crippen LogP contribution in [0.3, 0.4) is 0 Å². The fraction of sp³-hybridized carbons (Fsp3) is 0.607. The number of amides is 3. The van der Waals surface area contributed by atoms with Crippen LogP contribution in [-0.4, -0.2) is 83.9 Å². The maximum Gasteiger partial charge on any atom is 0.408 e. The van der Waals surface area contributed by atoms with Crippen molar-refractivity contribution in [1.82, 2.24) is 35.7 Å². The molecule has 0 spiro atoms. The molecule has 0 unspecified atom stereocenters. The van der Waals surface area contributed by atoms with E-state index in [4.69, 9.17) is 4.74 Å². The van der Waals surface area contributed by atoms with Crippen molar-refractivity contribution >= 4 is 51.1 Å². The molecule has 4 heterocycles. The number of hydrogen-bond donors (Lipinski definition) is 3. The van der Waals surface area contributed by atoms with Crippen LogP contribution in [0.1, 0.15) is 71.8 Å². The zero-order valence-corrected chi connectivity index (χ0v) is 26.7. The average molecular weight is 679 g/mol. The van der Waals surface area contributed by atoms with Crippen LogP contribution in [0.4, 0.5) is 4.79 Å². The molecular weight excluding hydrogens is 642 g/mol. The predicted molar refractivity (Wildman–Crippen MR) is 160 cm³/mol. The number of tetrazole rings is 1. The van der Waals surface area contributed by atoms with Gasteiger partial charge in [0.15, 0.2) is 0 Å². The van der Waals surface area contributed by atoms with E-state index in [-0.39, 0.29) is 25.3 Å². The van der Waals surface area contributed by atoms with Crippen molar-refractivity contribution in [2.24, 2.45) is 5.92 Å². The number of carbonyl (C=O) groups excluding carboxylic acids is 3. The van der Waals surface area contributed by atoms with Gasteiger partial charge in [-0.15, -0.1) is 21.5 Å². The van der Waals surface area contributed by atoms with Gasteiger partial charge in [0, 0.05) is 18.9 Å². The summed E-state index contributed by atoms with van der Waals surface area (Å²) in [6, 6.07) is 1.31. The van der Waals surface area contributed by atoms with E-state index < -0.39 is 53.1 Å². The Hall–Kier alpha value is -3.33. The minimum Gasteiger partial charge on any atom is -0.479 e. The maximum absolute atomic E-state index is 14.1. The second-order valence-electron chi connectivity index (χ2n) is 12.3. The summed E-state index contributed by atoms with van der Waals surface area (Å²) in [6.45, 7) is 5.29. The molecule has 0 aromatic carbocycles. The monoisotopic (exact) mass is 677 g/mol. The molecule has 3 N–H and O–H groups in total. The second kappa shape index (κ2) is 12.3. The van der Waals surface area contributed by atoms with Gasteiger partial charge in [0.25, 0.3) is 0 Å². The number of halogens is 1. The van der Waals surface area contributed by atoms with Gasteiger partial charge in [0.05, 0.1) is 14.7 Å². The third kappa shape index (κ3) is 7.08. The fourth-order valence-corrected chi connectivity index (χ4v) is 6.92. The molecule has 5 atom stereocenters. The van der Waals surface area contributed by atoms with Crippen LogP contribution in [0.5, 0.6) is 0 Å². The molecule has 232 valence electrons. The number of alkyl carbamates (subject to hydrolysis) is 1. The number of nitrogens with zero attached hydrogens (tertiary/aromatic N) is 5. The minimum atomic E-state index is -1.42. The number of carbonyl (C=O) groups is 4. The number of allylic oxidation sites excluding steroid dienone is 1. The average Bonchev–Trinajstić information content (AvgIpc) is 3.35. The first-order valence-corrected chi connectivity index (χ1v) is 16.0. The van der Waals surface area contributed by atoms with Crippen molar-refractivity contribution in [3.8, 4) is 10.7 Å². The molecule has 3 amide bonds. The first kappa shape index (κ1) is 31.1. The van der Waals surface area contributed by atoms with Gasteiger partial charge in [-0.2, -0.15) is 4.80 Å². The summed E-state index contributed by atoms with van der Waals surface area (Å²) in [5.74, 6) is -2.03. The zero-order valence-electron chi connectivity index (χ0n) is 24.3. The van der Waals surface area contributed by atoms with E-state index in [1.54, 1.807) is 20.8 Å². The highest BCUT2D eigenvalue weighted by atomic mass is 79.9. The lowest BCUT2D eigenvalue weighted by molar-refractivity contribution is -0.145. The first-order valence-electron chi connectivity index (χ1n) is 14.4. The number of carboxylic acids is 1. The number of aliphatic carboxylic acids is 1. The van der Waals surface area contributed by atoms with Crippen molar-refractivity contribution in [3.63, 3.8) is 0 Å². The zero-order chi connectivity index (χ0) is 30.9. The summed E-state index contributed by atoms with van der Waals surface area (Å²) >= 11 is 4.88. The third-order valence-electron chi connectivity index (χ3n) is 7.88. The number of aromatic nitrogens is 4. The lowest BCUT2D eigenvalue weighted by Crippen LogP contribution is -2.56. The highest BCUT2D eigenvalue weighted by Crippen LogP contribution is 2.45. The number of thiophene rings is 1. The molecule has 0 bridgehead atoms.